The smallest absolute Gasteiger partial charge is 0 e. The van der Waals surface area contributed by atoms with Crippen LogP contribution in [-0.4, -0.2) is 65.4 Å². The summed E-state index contributed by atoms with van der Waals surface area (Å²) >= 11 is 0. The van der Waals surface area contributed by atoms with Gasteiger partial charge in [-0.1, -0.05) is 0 Å². The van der Waals surface area contributed by atoms with Crippen molar-refractivity contribution in [2.24, 2.45) is 0 Å². The molecule has 0 atom stereocenters. The van der Waals surface area contributed by atoms with E-state index in [0.717, 1.165) is 0 Å². The van der Waals surface area contributed by atoms with E-state index in [1.807, 2.05) is 0 Å². The van der Waals surface area contributed by atoms with Gasteiger partial charge < -0.3 is 5.11 Å². The summed E-state index contributed by atoms with van der Waals surface area (Å²) < 4.78 is 0. The molecule has 4 nitrogen and oxygen atoms in total. The maximum absolute atomic E-state index is 8.90. The van der Waals surface area contributed by atoms with E-state index in [1.165, 1.54) is 0 Å². The maximum Gasteiger partial charge on any atom is 0 e. The summed E-state index contributed by atoms with van der Waals surface area (Å²) in [6.45, 7) is 0. The summed E-state index contributed by atoms with van der Waals surface area (Å²) in [5, 5.41) is 14.3. The van der Waals surface area contributed by atoms with Crippen molar-refractivity contribution in [2.45, 2.75) is 0 Å². The zero-order valence-electron chi connectivity index (χ0n) is 3.09. The predicted molar refractivity (Wildman–Crippen MR) is 20.3 cm³/mol. The van der Waals surface area contributed by atoms with Crippen molar-refractivity contribution in [3.05, 3.63) is 0 Å². The zero-order valence-corrected chi connectivity index (χ0v) is 6.87. The first-order chi connectivity index (χ1) is 2.27. The SMILES string of the molecule is O=C(O)OO.[BaH2].[Cu].[Y]. The van der Waals surface area contributed by atoms with Crippen LogP contribution < -0.4 is 0 Å². The molecule has 0 heterocycles. The van der Waals surface area contributed by atoms with Gasteiger partial charge in [0, 0.05) is 49.8 Å². The summed E-state index contributed by atoms with van der Waals surface area (Å²) in [6.07, 6.45) is -1.69. The van der Waals surface area contributed by atoms with Gasteiger partial charge in [-0.25, -0.2) is 4.79 Å². The van der Waals surface area contributed by atoms with E-state index in [-0.39, 0.29) is 98.7 Å². The van der Waals surface area contributed by atoms with Crippen molar-refractivity contribution in [3.63, 3.8) is 0 Å². The average Bonchev–Trinajstić information content (AvgIpc) is 1.38. The van der Waals surface area contributed by atoms with Crippen molar-refractivity contribution < 1.29 is 69.8 Å². The number of hydrogen-bond donors (Lipinski definition) is 2. The Morgan fingerprint density at radius 3 is 1.62 bits per heavy atom. The Hall–Kier alpha value is 2.42. The topological polar surface area (TPSA) is 66.8 Å². The third-order valence-electron chi connectivity index (χ3n) is 0.0781. The Bertz CT molecular complexity index is 51.3. The molecule has 0 saturated heterocycles. The average molecular weight is 370 g/mol. The van der Waals surface area contributed by atoms with Gasteiger partial charge in [-0.2, -0.15) is 5.26 Å². The summed E-state index contributed by atoms with van der Waals surface area (Å²) in [5.74, 6) is 0. The fraction of sp³-hybridized carbons (Fsp3) is 0. The molecule has 0 aliphatic rings. The van der Waals surface area contributed by atoms with Crippen LogP contribution in [-0.2, 0) is 54.7 Å². The monoisotopic (exact) mass is 370 g/mol. The van der Waals surface area contributed by atoms with Gasteiger partial charge in [0.05, 0.1) is 0 Å². The second-order valence-electron chi connectivity index (χ2n) is 0.357. The molecule has 0 aromatic carbocycles. The molecule has 0 saturated carbocycles. The van der Waals surface area contributed by atoms with E-state index in [1.54, 1.807) is 0 Å². The molecule has 0 aliphatic carbocycles. The van der Waals surface area contributed by atoms with Crippen LogP contribution in [0.1, 0.15) is 0 Å². The second-order valence-corrected chi connectivity index (χ2v) is 0.357. The standard InChI is InChI=1S/CH2O4.Ba.Cu.Y.2H/c2-1(3)5-4;;;;;/h4H,(H,2,3);;;;;. The molecule has 0 aromatic heterocycles. The minimum Gasteiger partial charge on any atom is 0 e. The van der Waals surface area contributed by atoms with Crippen LogP contribution in [0, 0.1) is 0 Å². The van der Waals surface area contributed by atoms with Crippen molar-refractivity contribution in [2.75, 3.05) is 0 Å². The Balaban J connectivity index is -0.0000000267. The molecule has 0 aliphatic heterocycles. The number of rotatable bonds is 0. The Labute approximate surface area is 122 Å². The van der Waals surface area contributed by atoms with Crippen LogP contribution in [0.15, 0.2) is 0 Å². The predicted octanol–water partition coefficient (Wildman–Crippen LogP) is -0.767. The molecular formula is CH4BaCuO4Y. The van der Waals surface area contributed by atoms with Crippen molar-refractivity contribution in [1.29, 1.82) is 0 Å². The van der Waals surface area contributed by atoms with E-state index in [4.69, 9.17) is 15.2 Å². The molecule has 0 fully saturated rings. The van der Waals surface area contributed by atoms with Crippen molar-refractivity contribution in [3.8, 4) is 0 Å². The van der Waals surface area contributed by atoms with E-state index in [0.29, 0.717) is 0 Å². The summed E-state index contributed by atoms with van der Waals surface area (Å²) in [4.78, 5) is 11.6. The Kier molecular flexibility index (Phi) is 45.4. The van der Waals surface area contributed by atoms with E-state index >= 15 is 0 Å². The minimum atomic E-state index is -1.69. The van der Waals surface area contributed by atoms with Crippen LogP contribution in [0.25, 0.3) is 0 Å². The molecule has 48 valence electrons. The quantitative estimate of drug-likeness (QED) is 0.334. The molecule has 8 heavy (non-hydrogen) atoms. The number of carboxylic acid groups (broad SMARTS) is 1. The normalized spacial score (nSPS) is 4.12. The van der Waals surface area contributed by atoms with Gasteiger partial charge in [-0.15, -0.1) is 0 Å². The van der Waals surface area contributed by atoms with Gasteiger partial charge in [-0.3, -0.25) is 4.89 Å². The molecule has 0 amide bonds. The first-order valence-electron chi connectivity index (χ1n) is 0.814. The molecule has 0 spiro atoms. The van der Waals surface area contributed by atoms with Crippen LogP contribution in [0.3, 0.4) is 0 Å². The van der Waals surface area contributed by atoms with Crippen LogP contribution in [0.5, 0.6) is 0 Å². The van der Waals surface area contributed by atoms with Crippen molar-refractivity contribution >= 4 is 55.0 Å². The minimum absolute atomic E-state index is 0. The number of hydrogen-bond acceptors (Lipinski definition) is 3. The first-order valence-corrected chi connectivity index (χ1v) is 0.814. The van der Waals surface area contributed by atoms with Crippen molar-refractivity contribution in [1.82, 2.24) is 0 Å². The molecule has 0 aromatic rings. The zero-order chi connectivity index (χ0) is 4.28. The van der Waals surface area contributed by atoms with Gasteiger partial charge in [0.15, 0.2) is 0 Å². The van der Waals surface area contributed by atoms with Gasteiger partial charge >= 0.3 is 55.0 Å². The molecule has 0 unspecified atom stereocenters. The van der Waals surface area contributed by atoms with Crippen LogP contribution in [0.2, 0.25) is 0 Å². The van der Waals surface area contributed by atoms with Gasteiger partial charge in [0.1, 0.15) is 0 Å². The number of carbonyl (C=O) groups is 1. The molecule has 2 N–H and O–H groups in total. The Morgan fingerprint density at radius 2 is 1.62 bits per heavy atom. The Morgan fingerprint density at radius 1 is 1.50 bits per heavy atom. The molecular weight excluding hydrogens is 366 g/mol. The van der Waals surface area contributed by atoms with E-state index < -0.39 is 6.16 Å². The fourth-order valence-electron chi connectivity index (χ4n) is 0. The van der Waals surface area contributed by atoms with E-state index in [9.17, 15) is 0 Å². The molecule has 2 radical (unpaired) electrons. The van der Waals surface area contributed by atoms with Crippen LogP contribution in [0.4, 0.5) is 4.79 Å². The largest absolute Gasteiger partial charge is 0 e. The van der Waals surface area contributed by atoms with Gasteiger partial charge in [0.2, 0.25) is 0 Å². The third kappa shape index (κ3) is 23.7. The third-order valence-corrected chi connectivity index (χ3v) is 0.0781. The molecule has 0 bridgehead atoms. The van der Waals surface area contributed by atoms with Crippen LogP contribution >= 0.6 is 0 Å². The van der Waals surface area contributed by atoms with Gasteiger partial charge in [0.25, 0.3) is 0 Å². The summed E-state index contributed by atoms with van der Waals surface area (Å²) in [5.41, 5.74) is 0. The van der Waals surface area contributed by atoms with Gasteiger partial charge in [-0.05, 0) is 0 Å². The maximum atomic E-state index is 8.90. The summed E-state index contributed by atoms with van der Waals surface area (Å²) in [7, 11) is 0. The molecule has 0 rings (SSSR count). The molecule has 7 heteroatoms. The first kappa shape index (κ1) is 22.4. The second kappa shape index (κ2) is 16.2. The fourth-order valence-corrected chi connectivity index (χ4v) is 0. The van der Waals surface area contributed by atoms with E-state index in [2.05, 4.69) is 4.89 Å². The summed E-state index contributed by atoms with van der Waals surface area (Å²) in [6, 6.07) is 0.